The highest BCUT2D eigenvalue weighted by molar-refractivity contribution is 9.10. The first-order valence-electron chi connectivity index (χ1n) is 5.59. The van der Waals surface area contributed by atoms with Gasteiger partial charge in [0.2, 0.25) is 0 Å². The summed E-state index contributed by atoms with van der Waals surface area (Å²) in [6.07, 6.45) is 1.87. The SMILES string of the molecule is CCCCOC(=O)CNc1ccc(Br)c(Cl)c1Cl. The predicted molar refractivity (Wildman–Crippen MR) is 78.5 cm³/mol. The van der Waals surface area contributed by atoms with E-state index in [-0.39, 0.29) is 12.5 Å². The van der Waals surface area contributed by atoms with Crippen LogP contribution in [0.5, 0.6) is 0 Å². The molecule has 100 valence electrons. The van der Waals surface area contributed by atoms with Crippen molar-refractivity contribution in [2.24, 2.45) is 0 Å². The Hall–Kier alpha value is -0.450. The molecule has 1 rings (SSSR count). The second kappa shape index (κ2) is 7.87. The first-order valence-corrected chi connectivity index (χ1v) is 7.14. The maximum Gasteiger partial charge on any atom is 0.325 e. The molecule has 0 aromatic heterocycles. The lowest BCUT2D eigenvalue weighted by Crippen LogP contribution is -2.17. The maximum atomic E-state index is 11.4. The standard InChI is InChI=1S/C12H14BrCl2NO2/c1-2-3-6-18-10(17)7-16-9-5-4-8(13)11(14)12(9)15/h4-5,16H,2-3,6-7H2,1H3. The third-order valence-electron chi connectivity index (χ3n) is 2.22. The number of hydrogen-bond donors (Lipinski definition) is 1. The van der Waals surface area contributed by atoms with Gasteiger partial charge in [-0.2, -0.15) is 0 Å². The number of hydrogen-bond acceptors (Lipinski definition) is 3. The number of benzene rings is 1. The molecule has 1 N–H and O–H groups in total. The molecule has 1 aromatic carbocycles. The van der Waals surface area contributed by atoms with Gasteiger partial charge in [-0.25, -0.2) is 0 Å². The van der Waals surface area contributed by atoms with Crippen molar-refractivity contribution in [2.45, 2.75) is 19.8 Å². The Morgan fingerprint density at radius 3 is 2.78 bits per heavy atom. The van der Waals surface area contributed by atoms with Crippen LogP contribution in [0.1, 0.15) is 19.8 Å². The van der Waals surface area contributed by atoms with E-state index in [0.29, 0.717) is 26.8 Å². The van der Waals surface area contributed by atoms with Gasteiger partial charge in [-0.1, -0.05) is 36.5 Å². The zero-order valence-corrected chi connectivity index (χ0v) is 13.0. The fraction of sp³-hybridized carbons (Fsp3) is 0.417. The molecule has 0 fully saturated rings. The number of rotatable bonds is 6. The van der Waals surface area contributed by atoms with Gasteiger partial charge in [0.1, 0.15) is 6.54 Å². The molecule has 18 heavy (non-hydrogen) atoms. The van der Waals surface area contributed by atoms with Crippen molar-refractivity contribution < 1.29 is 9.53 Å². The molecule has 0 bridgehead atoms. The van der Waals surface area contributed by atoms with Crippen LogP contribution in [0.2, 0.25) is 10.0 Å². The van der Waals surface area contributed by atoms with E-state index in [1.165, 1.54) is 0 Å². The van der Waals surface area contributed by atoms with Crippen LogP contribution in [0.4, 0.5) is 5.69 Å². The average molecular weight is 355 g/mol. The van der Waals surface area contributed by atoms with Crippen LogP contribution in [0, 0.1) is 0 Å². The van der Waals surface area contributed by atoms with Crippen molar-refractivity contribution >= 4 is 50.8 Å². The minimum absolute atomic E-state index is 0.0708. The van der Waals surface area contributed by atoms with Gasteiger partial charge in [0.05, 0.1) is 22.3 Å². The molecule has 0 atom stereocenters. The molecule has 6 heteroatoms. The van der Waals surface area contributed by atoms with Crippen molar-refractivity contribution in [1.82, 2.24) is 0 Å². The molecule has 0 aliphatic rings. The molecule has 0 unspecified atom stereocenters. The summed E-state index contributed by atoms with van der Waals surface area (Å²) in [6.45, 7) is 2.56. The first kappa shape index (κ1) is 15.6. The first-order chi connectivity index (χ1) is 8.56. The second-order valence-electron chi connectivity index (χ2n) is 3.65. The topological polar surface area (TPSA) is 38.3 Å². The van der Waals surface area contributed by atoms with Gasteiger partial charge < -0.3 is 10.1 Å². The molecule has 0 radical (unpaired) electrons. The Morgan fingerprint density at radius 2 is 2.11 bits per heavy atom. The van der Waals surface area contributed by atoms with Crippen LogP contribution in [-0.2, 0) is 9.53 Å². The highest BCUT2D eigenvalue weighted by Crippen LogP contribution is 2.35. The molecule has 1 aromatic rings. The summed E-state index contributed by atoms with van der Waals surface area (Å²) >= 11 is 15.3. The van der Waals surface area contributed by atoms with E-state index < -0.39 is 0 Å². The van der Waals surface area contributed by atoms with E-state index in [1.807, 2.05) is 6.92 Å². The van der Waals surface area contributed by atoms with Gasteiger partial charge >= 0.3 is 5.97 Å². The summed E-state index contributed by atoms with van der Waals surface area (Å²) in [7, 11) is 0. The van der Waals surface area contributed by atoms with Crippen molar-refractivity contribution in [2.75, 3.05) is 18.5 Å². The Kier molecular flexibility index (Phi) is 6.82. The van der Waals surface area contributed by atoms with Gasteiger partial charge in [-0.15, -0.1) is 0 Å². The number of ether oxygens (including phenoxy) is 1. The molecule has 3 nitrogen and oxygen atoms in total. The van der Waals surface area contributed by atoms with Gasteiger partial charge in [0.15, 0.2) is 0 Å². The number of anilines is 1. The molecular formula is C12H14BrCl2NO2. The smallest absolute Gasteiger partial charge is 0.325 e. The van der Waals surface area contributed by atoms with Crippen LogP contribution >= 0.6 is 39.1 Å². The highest BCUT2D eigenvalue weighted by Gasteiger charge is 2.09. The Morgan fingerprint density at radius 1 is 1.39 bits per heavy atom. The second-order valence-corrected chi connectivity index (χ2v) is 5.26. The lowest BCUT2D eigenvalue weighted by Gasteiger charge is -2.10. The van der Waals surface area contributed by atoms with Gasteiger partial charge in [0.25, 0.3) is 0 Å². The summed E-state index contributed by atoms with van der Waals surface area (Å²) < 4.78 is 5.72. The van der Waals surface area contributed by atoms with E-state index in [2.05, 4.69) is 21.2 Å². The third kappa shape index (κ3) is 4.67. The van der Waals surface area contributed by atoms with Crippen LogP contribution in [0.25, 0.3) is 0 Å². The Balaban J connectivity index is 2.49. The van der Waals surface area contributed by atoms with E-state index in [9.17, 15) is 4.79 Å². The average Bonchev–Trinajstić information content (AvgIpc) is 2.35. The third-order valence-corrected chi connectivity index (χ3v) is 3.99. The largest absolute Gasteiger partial charge is 0.464 e. The highest BCUT2D eigenvalue weighted by atomic mass is 79.9. The summed E-state index contributed by atoms with van der Waals surface area (Å²) in [6, 6.07) is 3.51. The number of carbonyl (C=O) groups excluding carboxylic acids is 1. The lowest BCUT2D eigenvalue weighted by molar-refractivity contribution is -0.141. The lowest BCUT2D eigenvalue weighted by atomic mass is 10.3. The number of esters is 1. The van der Waals surface area contributed by atoms with Gasteiger partial charge in [-0.3, -0.25) is 4.79 Å². The van der Waals surface area contributed by atoms with Gasteiger partial charge in [0, 0.05) is 4.47 Å². The molecule has 0 aliphatic carbocycles. The van der Waals surface area contributed by atoms with E-state index in [4.69, 9.17) is 27.9 Å². The van der Waals surface area contributed by atoms with E-state index in [1.54, 1.807) is 12.1 Å². The number of carbonyl (C=O) groups is 1. The summed E-state index contributed by atoms with van der Waals surface area (Å²) in [5.74, 6) is -0.307. The van der Waals surface area contributed by atoms with E-state index >= 15 is 0 Å². The maximum absolute atomic E-state index is 11.4. The van der Waals surface area contributed by atoms with Crippen molar-refractivity contribution in [3.8, 4) is 0 Å². The fourth-order valence-corrected chi connectivity index (χ4v) is 2.05. The molecule has 0 spiro atoms. The van der Waals surface area contributed by atoms with Crippen LogP contribution in [-0.4, -0.2) is 19.1 Å². The number of halogens is 3. The van der Waals surface area contributed by atoms with Crippen molar-refractivity contribution in [3.05, 3.63) is 26.7 Å². The van der Waals surface area contributed by atoms with Crippen LogP contribution < -0.4 is 5.32 Å². The summed E-state index contributed by atoms with van der Waals surface area (Å²) in [4.78, 5) is 11.4. The Bertz CT molecular complexity index is 427. The number of nitrogens with one attached hydrogen (secondary N) is 1. The zero-order valence-electron chi connectivity index (χ0n) is 9.93. The quantitative estimate of drug-likeness (QED) is 0.464. The van der Waals surface area contributed by atoms with Crippen LogP contribution in [0.15, 0.2) is 16.6 Å². The van der Waals surface area contributed by atoms with Crippen LogP contribution in [0.3, 0.4) is 0 Å². The minimum Gasteiger partial charge on any atom is -0.464 e. The molecule has 0 amide bonds. The zero-order chi connectivity index (χ0) is 13.5. The minimum atomic E-state index is -0.307. The van der Waals surface area contributed by atoms with E-state index in [0.717, 1.165) is 12.8 Å². The molecule has 0 aliphatic heterocycles. The molecule has 0 heterocycles. The normalized spacial score (nSPS) is 10.2. The fourth-order valence-electron chi connectivity index (χ4n) is 1.21. The molecular weight excluding hydrogens is 341 g/mol. The monoisotopic (exact) mass is 353 g/mol. The van der Waals surface area contributed by atoms with Crippen molar-refractivity contribution in [3.63, 3.8) is 0 Å². The van der Waals surface area contributed by atoms with Crippen molar-refractivity contribution in [1.29, 1.82) is 0 Å². The predicted octanol–water partition coefficient (Wildman–Crippen LogP) is 4.51. The molecule has 0 saturated carbocycles. The van der Waals surface area contributed by atoms with Gasteiger partial charge in [-0.05, 0) is 34.5 Å². The number of unbranched alkanes of at least 4 members (excludes halogenated alkanes) is 1. The Labute approximate surface area is 125 Å². The summed E-state index contributed by atoms with van der Waals surface area (Å²) in [5, 5.41) is 3.70. The molecule has 0 saturated heterocycles. The summed E-state index contributed by atoms with van der Waals surface area (Å²) in [5.41, 5.74) is 0.609.